The van der Waals surface area contributed by atoms with Crippen LogP contribution in [0.4, 0.5) is 5.69 Å². The second kappa shape index (κ2) is 9.36. The standard InChI is InChI=1S/C27H27NO2/c1-3-29-27-17-21(14-15-26(27)30-19-22-9-6-8-20(2)16-22)18-28-25-13-7-11-23-10-4-5-12-24(23)25/h4-17,28H,3,18-19H2,1-2H3. The highest BCUT2D eigenvalue weighted by atomic mass is 16.5. The molecule has 0 saturated carbocycles. The summed E-state index contributed by atoms with van der Waals surface area (Å²) in [5, 5.41) is 6.02. The van der Waals surface area contributed by atoms with Gasteiger partial charge in [-0.1, -0.05) is 72.3 Å². The Morgan fingerprint density at radius 3 is 2.43 bits per heavy atom. The summed E-state index contributed by atoms with van der Waals surface area (Å²) in [5.41, 5.74) is 4.66. The van der Waals surface area contributed by atoms with Crippen LogP contribution in [0.1, 0.15) is 23.6 Å². The molecule has 0 bridgehead atoms. The lowest BCUT2D eigenvalue weighted by atomic mass is 10.1. The molecule has 0 radical (unpaired) electrons. The van der Waals surface area contributed by atoms with Crippen LogP contribution in [0.2, 0.25) is 0 Å². The lowest BCUT2D eigenvalue weighted by Gasteiger charge is -2.15. The largest absolute Gasteiger partial charge is 0.490 e. The fourth-order valence-electron chi connectivity index (χ4n) is 3.59. The third-order valence-corrected chi connectivity index (χ3v) is 5.06. The van der Waals surface area contributed by atoms with Gasteiger partial charge in [0.15, 0.2) is 11.5 Å². The molecule has 0 spiro atoms. The Kier molecular flexibility index (Phi) is 6.19. The average molecular weight is 398 g/mol. The molecule has 4 aromatic rings. The molecule has 0 aliphatic heterocycles. The monoisotopic (exact) mass is 397 g/mol. The number of benzene rings is 4. The molecule has 0 atom stereocenters. The molecule has 0 heterocycles. The smallest absolute Gasteiger partial charge is 0.161 e. The number of aryl methyl sites for hydroxylation is 1. The van der Waals surface area contributed by atoms with E-state index in [1.54, 1.807) is 0 Å². The highest BCUT2D eigenvalue weighted by Crippen LogP contribution is 2.30. The first kappa shape index (κ1) is 19.8. The van der Waals surface area contributed by atoms with Crippen molar-refractivity contribution in [2.24, 2.45) is 0 Å². The maximum Gasteiger partial charge on any atom is 0.161 e. The van der Waals surface area contributed by atoms with E-state index in [4.69, 9.17) is 9.47 Å². The molecule has 0 fully saturated rings. The SMILES string of the molecule is CCOc1cc(CNc2cccc3ccccc23)ccc1OCc1cccc(C)c1. The van der Waals surface area contributed by atoms with Gasteiger partial charge < -0.3 is 14.8 Å². The van der Waals surface area contributed by atoms with Gasteiger partial charge in [0, 0.05) is 17.6 Å². The van der Waals surface area contributed by atoms with Crippen LogP contribution < -0.4 is 14.8 Å². The van der Waals surface area contributed by atoms with Crippen LogP contribution in [-0.4, -0.2) is 6.61 Å². The quantitative estimate of drug-likeness (QED) is 0.357. The van der Waals surface area contributed by atoms with Gasteiger partial charge in [0.1, 0.15) is 6.61 Å². The van der Waals surface area contributed by atoms with Gasteiger partial charge in [0.05, 0.1) is 6.61 Å². The molecular formula is C27H27NO2. The number of rotatable bonds is 8. The summed E-state index contributed by atoms with van der Waals surface area (Å²) in [7, 11) is 0. The van der Waals surface area contributed by atoms with Crippen molar-refractivity contribution in [3.63, 3.8) is 0 Å². The molecule has 0 unspecified atom stereocenters. The number of ether oxygens (including phenoxy) is 2. The molecule has 0 aliphatic rings. The molecule has 30 heavy (non-hydrogen) atoms. The maximum atomic E-state index is 6.06. The maximum absolute atomic E-state index is 6.06. The van der Waals surface area contributed by atoms with E-state index in [-0.39, 0.29) is 0 Å². The van der Waals surface area contributed by atoms with Crippen LogP contribution in [0, 0.1) is 6.92 Å². The fourth-order valence-corrected chi connectivity index (χ4v) is 3.59. The van der Waals surface area contributed by atoms with Gasteiger partial charge in [-0.3, -0.25) is 0 Å². The Labute approximate surface area is 178 Å². The predicted octanol–water partition coefficient (Wildman–Crippen LogP) is 6.74. The van der Waals surface area contributed by atoms with Crippen LogP contribution >= 0.6 is 0 Å². The molecule has 4 aromatic carbocycles. The van der Waals surface area contributed by atoms with Gasteiger partial charge in [-0.2, -0.15) is 0 Å². The highest BCUT2D eigenvalue weighted by Gasteiger charge is 2.08. The Morgan fingerprint density at radius 1 is 0.733 bits per heavy atom. The Bertz CT molecular complexity index is 1130. The summed E-state index contributed by atoms with van der Waals surface area (Å²) < 4.78 is 11.9. The number of fused-ring (bicyclic) bond motifs is 1. The van der Waals surface area contributed by atoms with Crippen LogP contribution in [0.5, 0.6) is 11.5 Å². The Morgan fingerprint density at radius 2 is 1.57 bits per heavy atom. The van der Waals surface area contributed by atoms with E-state index in [0.717, 1.165) is 28.3 Å². The van der Waals surface area contributed by atoms with Crippen LogP contribution in [0.15, 0.2) is 84.9 Å². The second-order valence-corrected chi connectivity index (χ2v) is 7.37. The van der Waals surface area contributed by atoms with E-state index in [0.29, 0.717) is 19.8 Å². The van der Waals surface area contributed by atoms with Crippen LogP contribution in [-0.2, 0) is 13.2 Å². The zero-order chi connectivity index (χ0) is 20.8. The van der Waals surface area contributed by atoms with E-state index in [1.165, 1.54) is 16.3 Å². The third kappa shape index (κ3) is 4.74. The topological polar surface area (TPSA) is 30.5 Å². The predicted molar refractivity (Wildman–Crippen MR) is 124 cm³/mol. The minimum Gasteiger partial charge on any atom is -0.490 e. The van der Waals surface area contributed by atoms with Crippen molar-refractivity contribution in [2.75, 3.05) is 11.9 Å². The van der Waals surface area contributed by atoms with Gasteiger partial charge in [-0.25, -0.2) is 0 Å². The summed E-state index contributed by atoms with van der Waals surface area (Å²) in [6, 6.07) is 29.3. The summed E-state index contributed by atoms with van der Waals surface area (Å²) >= 11 is 0. The molecule has 152 valence electrons. The summed E-state index contributed by atoms with van der Waals surface area (Å²) in [6.45, 7) is 5.92. The van der Waals surface area contributed by atoms with Gasteiger partial charge in [0.25, 0.3) is 0 Å². The van der Waals surface area contributed by atoms with Crippen molar-refractivity contribution in [1.29, 1.82) is 0 Å². The first-order valence-corrected chi connectivity index (χ1v) is 10.4. The molecule has 1 N–H and O–H groups in total. The Hall–Kier alpha value is -3.46. The van der Waals surface area contributed by atoms with E-state index in [9.17, 15) is 0 Å². The molecule has 0 aromatic heterocycles. The number of hydrogen-bond donors (Lipinski definition) is 1. The van der Waals surface area contributed by atoms with Crippen molar-refractivity contribution in [2.45, 2.75) is 27.0 Å². The average Bonchev–Trinajstić information content (AvgIpc) is 2.77. The molecule has 0 saturated heterocycles. The molecule has 4 rings (SSSR count). The van der Waals surface area contributed by atoms with Crippen molar-refractivity contribution in [3.05, 3.63) is 102 Å². The second-order valence-electron chi connectivity index (χ2n) is 7.37. The zero-order valence-corrected chi connectivity index (χ0v) is 17.5. The van der Waals surface area contributed by atoms with Gasteiger partial charge in [-0.15, -0.1) is 0 Å². The number of anilines is 1. The molecule has 0 aliphatic carbocycles. The minimum absolute atomic E-state index is 0.523. The molecule has 0 amide bonds. The summed E-state index contributed by atoms with van der Waals surface area (Å²) in [5.74, 6) is 1.55. The first-order chi connectivity index (χ1) is 14.7. The van der Waals surface area contributed by atoms with Gasteiger partial charge in [0.2, 0.25) is 0 Å². The lowest BCUT2D eigenvalue weighted by molar-refractivity contribution is 0.269. The van der Waals surface area contributed by atoms with Crippen LogP contribution in [0.3, 0.4) is 0 Å². The highest BCUT2D eigenvalue weighted by molar-refractivity contribution is 5.93. The van der Waals surface area contributed by atoms with Crippen LogP contribution in [0.25, 0.3) is 10.8 Å². The van der Waals surface area contributed by atoms with Gasteiger partial charge in [-0.05, 0) is 48.6 Å². The fraction of sp³-hybridized carbons (Fsp3) is 0.185. The molecule has 3 nitrogen and oxygen atoms in total. The first-order valence-electron chi connectivity index (χ1n) is 10.4. The molecule has 3 heteroatoms. The van der Waals surface area contributed by atoms with Crippen molar-refractivity contribution in [3.8, 4) is 11.5 Å². The molecular weight excluding hydrogens is 370 g/mol. The van der Waals surface area contributed by atoms with E-state index >= 15 is 0 Å². The van der Waals surface area contributed by atoms with Crippen molar-refractivity contribution < 1.29 is 9.47 Å². The normalized spacial score (nSPS) is 10.7. The van der Waals surface area contributed by atoms with Gasteiger partial charge >= 0.3 is 0 Å². The number of nitrogens with one attached hydrogen (secondary N) is 1. The third-order valence-electron chi connectivity index (χ3n) is 5.06. The van der Waals surface area contributed by atoms with E-state index < -0.39 is 0 Å². The van der Waals surface area contributed by atoms with Crippen molar-refractivity contribution in [1.82, 2.24) is 0 Å². The summed E-state index contributed by atoms with van der Waals surface area (Å²) in [4.78, 5) is 0. The van der Waals surface area contributed by atoms with E-state index in [1.807, 2.05) is 13.0 Å². The zero-order valence-electron chi connectivity index (χ0n) is 17.5. The van der Waals surface area contributed by atoms with E-state index in [2.05, 4.69) is 91.1 Å². The lowest BCUT2D eigenvalue weighted by Crippen LogP contribution is -2.03. The number of hydrogen-bond acceptors (Lipinski definition) is 3. The Balaban J connectivity index is 1.48. The summed E-state index contributed by atoms with van der Waals surface area (Å²) in [6.07, 6.45) is 0. The minimum atomic E-state index is 0.523. The van der Waals surface area contributed by atoms with Crippen molar-refractivity contribution >= 4 is 16.5 Å².